The highest BCUT2D eigenvalue weighted by Crippen LogP contribution is 2.30. The molecule has 6 heteroatoms. The lowest BCUT2D eigenvalue weighted by atomic mass is 9.95. The van der Waals surface area contributed by atoms with Crippen molar-refractivity contribution in [3.63, 3.8) is 0 Å². The molecule has 4 aromatic rings. The van der Waals surface area contributed by atoms with Crippen molar-refractivity contribution in [1.29, 1.82) is 0 Å². The molecule has 0 unspecified atom stereocenters. The Labute approximate surface area is 172 Å². The van der Waals surface area contributed by atoms with Crippen LogP contribution >= 0.6 is 11.8 Å². The van der Waals surface area contributed by atoms with E-state index in [9.17, 15) is 9.59 Å². The molecule has 148 valence electrons. The van der Waals surface area contributed by atoms with Crippen molar-refractivity contribution in [1.82, 2.24) is 9.55 Å². The smallest absolute Gasteiger partial charge is 0.336 e. The van der Waals surface area contributed by atoms with Gasteiger partial charge >= 0.3 is 5.63 Å². The van der Waals surface area contributed by atoms with Gasteiger partial charge in [-0.2, -0.15) is 0 Å². The molecule has 0 spiro atoms. The number of rotatable bonds is 4. The highest BCUT2D eigenvalue weighted by molar-refractivity contribution is 7.98. The van der Waals surface area contributed by atoms with E-state index in [1.807, 2.05) is 31.2 Å². The van der Waals surface area contributed by atoms with E-state index in [0.29, 0.717) is 33.3 Å². The van der Waals surface area contributed by atoms with Gasteiger partial charge in [0, 0.05) is 24.3 Å². The minimum Gasteiger partial charge on any atom is -0.423 e. The molecule has 2 aromatic carbocycles. The molecular formula is C23H22N2O3S. The standard InChI is InChI=1S/C23H22N2O3S/c1-13(2)17-11-18-15(10-21(26)28-20(18)9-14(17)3)12-29-23-24-19-8-6-5-7-16(19)22(27)25(23)4/h5-11,13H,12H2,1-4H3. The summed E-state index contributed by atoms with van der Waals surface area (Å²) in [5, 5.41) is 2.14. The number of fused-ring (bicyclic) bond motifs is 2. The summed E-state index contributed by atoms with van der Waals surface area (Å²) in [6.07, 6.45) is 0. The maximum Gasteiger partial charge on any atom is 0.336 e. The Bertz CT molecular complexity index is 1350. The van der Waals surface area contributed by atoms with E-state index in [1.165, 1.54) is 23.4 Å². The van der Waals surface area contributed by atoms with Gasteiger partial charge < -0.3 is 4.42 Å². The molecular weight excluding hydrogens is 384 g/mol. The third-order valence-electron chi connectivity index (χ3n) is 5.14. The first-order valence-corrected chi connectivity index (χ1v) is 10.5. The largest absolute Gasteiger partial charge is 0.423 e. The molecule has 0 amide bonds. The van der Waals surface area contributed by atoms with Gasteiger partial charge in [0.25, 0.3) is 5.56 Å². The van der Waals surface area contributed by atoms with Gasteiger partial charge in [0.1, 0.15) is 5.58 Å². The number of nitrogens with zero attached hydrogens (tertiary/aromatic N) is 2. The Hall–Kier alpha value is -2.86. The monoisotopic (exact) mass is 406 g/mol. The van der Waals surface area contributed by atoms with Crippen LogP contribution in [-0.2, 0) is 12.8 Å². The molecule has 2 aromatic heterocycles. The van der Waals surface area contributed by atoms with E-state index in [0.717, 1.165) is 16.5 Å². The number of thioether (sulfide) groups is 1. The van der Waals surface area contributed by atoms with Crippen LogP contribution in [0.1, 0.15) is 36.5 Å². The fourth-order valence-corrected chi connectivity index (χ4v) is 4.56. The number of hydrogen-bond acceptors (Lipinski definition) is 5. The van der Waals surface area contributed by atoms with Crippen molar-refractivity contribution in [3.8, 4) is 0 Å². The Kier molecular flexibility index (Phi) is 5.04. The topological polar surface area (TPSA) is 65.1 Å². The van der Waals surface area contributed by atoms with Crippen molar-refractivity contribution >= 4 is 33.6 Å². The molecule has 0 saturated heterocycles. The lowest BCUT2D eigenvalue weighted by Gasteiger charge is -2.13. The number of hydrogen-bond donors (Lipinski definition) is 0. The summed E-state index contributed by atoms with van der Waals surface area (Å²) in [6, 6.07) is 12.9. The quantitative estimate of drug-likeness (QED) is 0.278. The highest BCUT2D eigenvalue weighted by Gasteiger charge is 2.13. The van der Waals surface area contributed by atoms with Crippen molar-refractivity contribution in [3.05, 3.63) is 79.9 Å². The third kappa shape index (κ3) is 3.60. The third-order valence-corrected chi connectivity index (χ3v) is 6.22. The normalized spacial score (nSPS) is 11.6. The van der Waals surface area contributed by atoms with Crippen molar-refractivity contribution in [2.45, 2.75) is 37.6 Å². The first-order chi connectivity index (χ1) is 13.8. The minimum absolute atomic E-state index is 0.0757. The number of aromatic nitrogens is 2. The SMILES string of the molecule is Cc1cc2oc(=O)cc(CSc3nc4ccccc4c(=O)n3C)c2cc1C(C)C. The average molecular weight is 407 g/mol. The average Bonchev–Trinajstić information content (AvgIpc) is 2.68. The van der Waals surface area contributed by atoms with Gasteiger partial charge in [-0.15, -0.1) is 0 Å². The van der Waals surface area contributed by atoms with Gasteiger partial charge in [0.2, 0.25) is 0 Å². The molecule has 0 saturated carbocycles. The predicted octanol–water partition coefficient (Wildman–Crippen LogP) is 4.76. The highest BCUT2D eigenvalue weighted by atomic mass is 32.2. The molecule has 0 bridgehead atoms. The second kappa shape index (κ2) is 7.52. The first-order valence-electron chi connectivity index (χ1n) is 9.51. The molecule has 0 radical (unpaired) electrons. The van der Waals surface area contributed by atoms with E-state index in [1.54, 1.807) is 17.7 Å². The fraction of sp³-hybridized carbons (Fsp3) is 0.261. The second-order valence-electron chi connectivity index (χ2n) is 7.51. The molecule has 0 aliphatic rings. The maximum absolute atomic E-state index is 12.6. The maximum atomic E-state index is 12.6. The fourth-order valence-electron chi connectivity index (χ4n) is 3.60. The molecule has 0 aliphatic heterocycles. The summed E-state index contributed by atoms with van der Waals surface area (Å²) in [5.41, 5.74) is 4.04. The lowest BCUT2D eigenvalue weighted by molar-refractivity contribution is 0.559. The summed E-state index contributed by atoms with van der Waals surface area (Å²) in [7, 11) is 1.72. The molecule has 2 heterocycles. The van der Waals surface area contributed by atoms with Crippen LogP contribution in [0.3, 0.4) is 0 Å². The van der Waals surface area contributed by atoms with E-state index in [4.69, 9.17) is 4.42 Å². The van der Waals surface area contributed by atoms with Crippen LogP contribution in [-0.4, -0.2) is 9.55 Å². The number of benzene rings is 2. The Morgan fingerprint density at radius 1 is 1.10 bits per heavy atom. The van der Waals surface area contributed by atoms with Crippen molar-refractivity contribution < 1.29 is 4.42 Å². The summed E-state index contributed by atoms with van der Waals surface area (Å²) in [6.45, 7) is 6.33. The summed E-state index contributed by atoms with van der Waals surface area (Å²) >= 11 is 1.44. The zero-order valence-electron chi connectivity index (χ0n) is 16.9. The molecule has 5 nitrogen and oxygen atoms in total. The van der Waals surface area contributed by atoms with Gasteiger partial charge in [0.15, 0.2) is 5.16 Å². The van der Waals surface area contributed by atoms with Crippen LogP contribution in [0, 0.1) is 6.92 Å². The number of aryl methyl sites for hydroxylation is 1. The minimum atomic E-state index is -0.370. The zero-order valence-corrected chi connectivity index (χ0v) is 17.7. The molecule has 29 heavy (non-hydrogen) atoms. The van der Waals surface area contributed by atoms with Gasteiger partial charge in [-0.05, 0) is 53.8 Å². The van der Waals surface area contributed by atoms with Gasteiger partial charge in [-0.25, -0.2) is 9.78 Å². The van der Waals surface area contributed by atoms with Crippen molar-refractivity contribution in [2.75, 3.05) is 0 Å². The lowest BCUT2D eigenvalue weighted by Crippen LogP contribution is -2.19. The predicted molar refractivity (Wildman–Crippen MR) is 118 cm³/mol. The van der Waals surface area contributed by atoms with Crippen LogP contribution in [0.4, 0.5) is 0 Å². The molecule has 0 N–H and O–H groups in total. The van der Waals surface area contributed by atoms with Gasteiger partial charge in [-0.3, -0.25) is 9.36 Å². The molecule has 0 aliphatic carbocycles. The molecule has 4 rings (SSSR count). The molecule has 0 atom stereocenters. The van der Waals surface area contributed by atoms with E-state index in [-0.39, 0.29) is 11.2 Å². The zero-order chi connectivity index (χ0) is 20.7. The van der Waals surface area contributed by atoms with Crippen LogP contribution in [0.25, 0.3) is 21.9 Å². The first kappa shape index (κ1) is 19.5. The van der Waals surface area contributed by atoms with Gasteiger partial charge in [0.05, 0.1) is 10.9 Å². The van der Waals surface area contributed by atoms with E-state index >= 15 is 0 Å². The summed E-state index contributed by atoms with van der Waals surface area (Å²) < 4.78 is 6.99. The Morgan fingerprint density at radius 3 is 2.62 bits per heavy atom. The van der Waals surface area contributed by atoms with Crippen LogP contribution in [0.2, 0.25) is 0 Å². The van der Waals surface area contributed by atoms with E-state index < -0.39 is 0 Å². The van der Waals surface area contributed by atoms with Crippen LogP contribution < -0.4 is 11.2 Å². The summed E-state index contributed by atoms with van der Waals surface area (Å²) in [4.78, 5) is 29.4. The summed E-state index contributed by atoms with van der Waals surface area (Å²) in [5.74, 6) is 0.885. The second-order valence-corrected chi connectivity index (χ2v) is 8.46. The number of para-hydroxylation sites is 1. The van der Waals surface area contributed by atoms with E-state index in [2.05, 4.69) is 24.9 Å². The van der Waals surface area contributed by atoms with Crippen molar-refractivity contribution in [2.24, 2.45) is 7.05 Å². The Balaban J connectivity index is 1.78. The van der Waals surface area contributed by atoms with Crippen LogP contribution in [0.15, 0.2) is 61.6 Å². The van der Waals surface area contributed by atoms with Gasteiger partial charge in [-0.1, -0.05) is 37.7 Å². The van der Waals surface area contributed by atoms with Crippen LogP contribution in [0.5, 0.6) is 0 Å². The Morgan fingerprint density at radius 2 is 1.86 bits per heavy atom. The molecule has 0 fully saturated rings.